The molecule has 0 unspecified atom stereocenters. The average Bonchev–Trinajstić information content (AvgIpc) is 2.99. The molecule has 0 radical (unpaired) electrons. The molecule has 2 aromatic rings. The maximum atomic E-state index is 12.1. The van der Waals surface area contributed by atoms with Crippen molar-refractivity contribution in [2.24, 2.45) is 0 Å². The Bertz CT molecular complexity index is 572. The minimum atomic E-state index is -0.481. The Morgan fingerprint density at radius 2 is 1.79 bits per heavy atom. The number of methoxy groups -OCH3 is 1. The van der Waals surface area contributed by atoms with Gasteiger partial charge in [0, 0.05) is 12.6 Å². The van der Waals surface area contributed by atoms with Crippen LogP contribution in [0.15, 0.2) is 47.1 Å². The van der Waals surface area contributed by atoms with Gasteiger partial charge >= 0.3 is 0 Å². The highest BCUT2D eigenvalue weighted by Crippen LogP contribution is 2.14. The van der Waals surface area contributed by atoms with Crippen molar-refractivity contribution in [1.82, 2.24) is 4.90 Å². The zero-order valence-electron chi connectivity index (χ0n) is 10.6. The number of carbonyl (C=O) groups excluding carboxylic acids is 2. The number of benzene rings is 1. The Hall–Kier alpha value is -2.56. The summed E-state index contributed by atoms with van der Waals surface area (Å²) in [7, 11) is 2.96. The van der Waals surface area contributed by atoms with Gasteiger partial charge in [-0.2, -0.15) is 0 Å². The lowest BCUT2D eigenvalue weighted by atomic mass is 10.2. The predicted octanol–water partition coefficient (Wildman–Crippen LogP) is 2.20. The zero-order chi connectivity index (χ0) is 13.8. The molecule has 2 rings (SSSR count). The SMILES string of the molecule is COc1ccc(C(=O)N(C)C(=O)c2ccco2)cc1. The fourth-order valence-electron chi connectivity index (χ4n) is 1.59. The molecule has 19 heavy (non-hydrogen) atoms. The summed E-state index contributed by atoms with van der Waals surface area (Å²) in [4.78, 5) is 25.0. The van der Waals surface area contributed by atoms with Crippen LogP contribution in [0.4, 0.5) is 0 Å². The number of carbonyl (C=O) groups is 2. The number of amides is 2. The summed E-state index contributed by atoms with van der Waals surface area (Å²) >= 11 is 0. The van der Waals surface area contributed by atoms with Crippen molar-refractivity contribution in [3.05, 3.63) is 54.0 Å². The van der Waals surface area contributed by atoms with E-state index in [1.807, 2.05) is 0 Å². The van der Waals surface area contributed by atoms with Crippen LogP contribution in [0.3, 0.4) is 0 Å². The van der Waals surface area contributed by atoms with Crippen molar-refractivity contribution in [3.63, 3.8) is 0 Å². The van der Waals surface area contributed by atoms with Gasteiger partial charge in [-0.3, -0.25) is 14.5 Å². The molecular weight excluding hydrogens is 246 g/mol. The second-order valence-corrected chi connectivity index (χ2v) is 3.88. The largest absolute Gasteiger partial charge is 0.497 e. The monoisotopic (exact) mass is 259 g/mol. The topological polar surface area (TPSA) is 59.8 Å². The average molecular weight is 259 g/mol. The first-order valence-corrected chi connectivity index (χ1v) is 5.63. The number of furan rings is 1. The van der Waals surface area contributed by atoms with Crippen LogP contribution in [0.2, 0.25) is 0 Å². The van der Waals surface area contributed by atoms with Gasteiger partial charge in [0.1, 0.15) is 5.75 Å². The fourth-order valence-corrected chi connectivity index (χ4v) is 1.59. The first-order valence-electron chi connectivity index (χ1n) is 5.63. The maximum absolute atomic E-state index is 12.1. The molecular formula is C14H13NO4. The Morgan fingerprint density at radius 1 is 1.11 bits per heavy atom. The van der Waals surface area contributed by atoms with Gasteiger partial charge < -0.3 is 9.15 Å². The molecule has 0 atom stereocenters. The normalized spacial score (nSPS) is 10.0. The van der Waals surface area contributed by atoms with E-state index in [0.717, 1.165) is 4.90 Å². The summed E-state index contributed by atoms with van der Waals surface area (Å²) in [5.74, 6) is -0.101. The number of nitrogens with zero attached hydrogens (tertiary/aromatic N) is 1. The van der Waals surface area contributed by atoms with E-state index >= 15 is 0 Å². The molecule has 2 amide bonds. The van der Waals surface area contributed by atoms with Crippen LogP contribution in [0, 0.1) is 0 Å². The number of ether oxygens (including phenoxy) is 1. The van der Waals surface area contributed by atoms with Gasteiger partial charge in [0.05, 0.1) is 13.4 Å². The second kappa shape index (κ2) is 5.39. The molecule has 1 aromatic carbocycles. The van der Waals surface area contributed by atoms with Crippen LogP contribution in [0.5, 0.6) is 5.75 Å². The van der Waals surface area contributed by atoms with Crippen molar-refractivity contribution in [2.75, 3.05) is 14.2 Å². The standard InChI is InChI=1S/C14H13NO4/c1-15(14(17)12-4-3-9-19-12)13(16)10-5-7-11(18-2)8-6-10/h3-9H,1-2H3. The van der Waals surface area contributed by atoms with E-state index in [9.17, 15) is 9.59 Å². The number of hydrogen-bond acceptors (Lipinski definition) is 4. The quantitative estimate of drug-likeness (QED) is 0.793. The smallest absolute Gasteiger partial charge is 0.296 e. The van der Waals surface area contributed by atoms with E-state index in [1.165, 1.54) is 19.4 Å². The van der Waals surface area contributed by atoms with E-state index in [1.54, 1.807) is 37.4 Å². The summed E-state index contributed by atoms with van der Waals surface area (Å²) in [5.41, 5.74) is 0.406. The molecule has 0 bridgehead atoms. The third-order valence-electron chi connectivity index (χ3n) is 2.68. The first-order chi connectivity index (χ1) is 9.13. The lowest BCUT2D eigenvalue weighted by Gasteiger charge is -2.14. The maximum Gasteiger partial charge on any atom is 0.296 e. The molecule has 0 N–H and O–H groups in total. The highest BCUT2D eigenvalue weighted by Gasteiger charge is 2.21. The van der Waals surface area contributed by atoms with Crippen LogP contribution in [-0.4, -0.2) is 30.9 Å². The van der Waals surface area contributed by atoms with Crippen molar-refractivity contribution in [1.29, 1.82) is 0 Å². The molecule has 5 heteroatoms. The molecule has 0 spiro atoms. The second-order valence-electron chi connectivity index (χ2n) is 3.88. The summed E-state index contributed by atoms with van der Waals surface area (Å²) < 4.78 is 9.98. The van der Waals surface area contributed by atoms with E-state index in [0.29, 0.717) is 11.3 Å². The molecule has 1 heterocycles. The summed E-state index contributed by atoms with van der Waals surface area (Å²) in [6, 6.07) is 9.65. The van der Waals surface area contributed by atoms with Crippen LogP contribution >= 0.6 is 0 Å². The third-order valence-corrected chi connectivity index (χ3v) is 2.68. The molecule has 0 aliphatic rings. The molecule has 98 valence electrons. The van der Waals surface area contributed by atoms with Gasteiger partial charge in [0.15, 0.2) is 5.76 Å². The van der Waals surface area contributed by atoms with Gasteiger partial charge in [-0.25, -0.2) is 0 Å². The van der Waals surface area contributed by atoms with Crippen molar-refractivity contribution < 1.29 is 18.7 Å². The van der Waals surface area contributed by atoms with E-state index in [2.05, 4.69) is 0 Å². The summed E-state index contributed by atoms with van der Waals surface area (Å²) in [6.45, 7) is 0. The minimum absolute atomic E-state index is 0.129. The summed E-state index contributed by atoms with van der Waals surface area (Å²) in [5, 5.41) is 0. The zero-order valence-corrected chi connectivity index (χ0v) is 10.6. The van der Waals surface area contributed by atoms with E-state index in [-0.39, 0.29) is 5.76 Å². The Balaban J connectivity index is 2.16. The first kappa shape index (κ1) is 12.9. The van der Waals surface area contributed by atoms with Crippen LogP contribution in [0.25, 0.3) is 0 Å². The molecule has 0 aliphatic carbocycles. The fraction of sp³-hybridized carbons (Fsp3) is 0.143. The molecule has 1 aromatic heterocycles. The van der Waals surface area contributed by atoms with Crippen LogP contribution in [-0.2, 0) is 0 Å². The van der Waals surface area contributed by atoms with Gasteiger partial charge in [-0.05, 0) is 36.4 Å². The van der Waals surface area contributed by atoms with Crippen LogP contribution in [0.1, 0.15) is 20.9 Å². The predicted molar refractivity (Wildman–Crippen MR) is 68.1 cm³/mol. The van der Waals surface area contributed by atoms with Crippen molar-refractivity contribution in [3.8, 4) is 5.75 Å². The van der Waals surface area contributed by atoms with E-state index < -0.39 is 11.8 Å². The third kappa shape index (κ3) is 2.65. The highest BCUT2D eigenvalue weighted by molar-refractivity contribution is 6.09. The van der Waals surface area contributed by atoms with Gasteiger partial charge in [-0.1, -0.05) is 0 Å². The molecule has 5 nitrogen and oxygen atoms in total. The molecule has 0 fully saturated rings. The lowest BCUT2D eigenvalue weighted by Crippen LogP contribution is -2.32. The molecule has 0 saturated heterocycles. The highest BCUT2D eigenvalue weighted by atomic mass is 16.5. The number of hydrogen-bond donors (Lipinski definition) is 0. The van der Waals surface area contributed by atoms with E-state index in [4.69, 9.17) is 9.15 Å². The molecule has 0 aliphatic heterocycles. The van der Waals surface area contributed by atoms with Crippen molar-refractivity contribution >= 4 is 11.8 Å². The minimum Gasteiger partial charge on any atom is -0.497 e. The van der Waals surface area contributed by atoms with Crippen LogP contribution < -0.4 is 4.74 Å². The summed E-state index contributed by atoms with van der Waals surface area (Å²) in [6.07, 6.45) is 1.39. The Labute approximate surface area is 110 Å². The van der Waals surface area contributed by atoms with Gasteiger partial charge in [0.25, 0.3) is 11.8 Å². The van der Waals surface area contributed by atoms with Crippen molar-refractivity contribution in [2.45, 2.75) is 0 Å². The number of imide groups is 1. The number of rotatable bonds is 3. The van der Waals surface area contributed by atoms with Gasteiger partial charge in [0.2, 0.25) is 0 Å². The van der Waals surface area contributed by atoms with Gasteiger partial charge in [-0.15, -0.1) is 0 Å². The Kier molecular flexibility index (Phi) is 3.66. The molecule has 0 saturated carbocycles. The Morgan fingerprint density at radius 3 is 2.32 bits per heavy atom. The lowest BCUT2D eigenvalue weighted by molar-refractivity contribution is 0.0637.